The monoisotopic (exact) mass is 634 g/mol. The van der Waals surface area contributed by atoms with Gasteiger partial charge in [0.25, 0.3) is 0 Å². The summed E-state index contributed by atoms with van der Waals surface area (Å²) in [6, 6.07) is 15.1. The SMILES string of the molecule is COc1cc(OC)c(NC(=O)CSc2nnc(N3C(N)=C(C#N)C(/C=C/c4ccccc4)C4=C3CCCC4=O)s2)cc1Cl. The zero-order valence-electron chi connectivity index (χ0n) is 23.3. The number of ketones is 1. The number of rotatable bonds is 9. The highest BCUT2D eigenvalue weighted by Gasteiger charge is 2.39. The van der Waals surface area contributed by atoms with Gasteiger partial charge >= 0.3 is 0 Å². The van der Waals surface area contributed by atoms with Crippen LogP contribution in [-0.2, 0) is 9.59 Å². The highest BCUT2D eigenvalue weighted by molar-refractivity contribution is 8.01. The molecule has 43 heavy (non-hydrogen) atoms. The number of halogens is 1. The first-order valence-corrected chi connectivity index (χ1v) is 15.4. The Hall–Kier alpha value is -4.31. The molecule has 1 unspecified atom stereocenters. The van der Waals surface area contributed by atoms with Gasteiger partial charge in [-0.1, -0.05) is 77.2 Å². The largest absolute Gasteiger partial charge is 0.495 e. The van der Waals surface area contributed by atoms with E-state index in [1.165, 1.54) is 37.3 Å². The fourth-order valence-corrected chi connectivity index (χ4v) is 6.85. The van der Waals surface area contributed by atoms with Crippen LogP contribution in [0.5, 0.6) is 11.5 Å². The Balaban J connectivity index is 1.36. The maximum atomic E-state index is 13.2. The Morgan fingerprint density at radius 3 is 2.72 bits per heavy atom. The van der Waals surface area contributed by atoms with E-state index >= 15 is 0 Å². The molecule has 1 aliphatic carbocycles. The molecule has 2 aliphatic rings. The van der Waals surface area contributed by atoms with Gasteiger partial charge < -0.3 is 20.5 Å². The van der Waals surface area contributed by atoms with Crippen molar-refractivity contribution in [2.75, 3.05) is 30.2 Å². The Bertz CT molecular complexity index is 1700. The topological polar surface area (TPSA) is 143 Å². The lowest BCUT2D eigenvalue weighted by Crippen LogP contribution is -2.39. The number of anilines is 2. The van der Waals surface area contributed by atoms with E-state index in [1.807, 2.05) is 42.5 Å². The Morgan fingerprint density at radius 2 is 2.00 bits per heavy atom. The number of nitriles is 1. The van der Waals surface area contributed by atoms with Crippen molar-refractivity contribution in [3.05, 3.63) is 81.8 Å². The van der Waals surface area contributed by atoms with Gasteiger partial charge in [0.15, 0.2) is 10.1 Å². The zero-order chi connectivity index (χ0) is 30.5. The molecule has 2 aromatic carbocycles. The zero-order valence-corrected chi connectivity index (χ0v) is 25.7. The standard InChI is InChI=1S/C30H27ClN6O4S2/c1-40-24-14-25(41-2)21(13-20(24)31)34-26(39)16-42-30-36-35-29(43-30)37-22-9-6-10-23(38)27(22)18(19(15-32)28(37)33)12-11-17-7-4-3-5-8-17/h3-5,7-8,11-14,18H,6,9-10,16,33H2,1-2H3,(H,34,39)/b12-11+. The van der Waals surface area contributed by atoms with Gasteiger partial charge in [0.2, 0.25) is 11.0 Å². The van der Waals surface area contributed by atoms with Crippen LogP contribution in [-0.4, -0.2) is 41.9 Å². The molecule has 0 saturated carbocycles. The average molecular weight is 635 g/mol. The van der Waals surface area contributed by atoms with E-state index in [-0.39, 0.29) is 28.8 Å². The molecule has 3 aromatic rings. The number of nitrogens with two attached hydrogens (primary N) is 1. The van der Waals surface area contributed by atoms with Gasteiger partial charge in [-0.15, -0.1) is 10.2 Å². The quantitative estimate of drug-likeness (QED) is 0.278. The molecule has 220 valence electrons. The number of aromatic nitrogens is 2. The summed E-state index contributed by atoms with van der Waals surface area (Å²) in [7, 11) is 2.97. The predicted octanol–water partition coefficient (Wildman–Crippen LogP) is 5.79. The van der Waals surface area contributed by atoms with Gasteiger partial charge in [-0.2, -0.15) is 5.26 Å². The fraction of sp³-hybridized carbons (Fsp3) is 0.233. The summed E-state index contributed by atoms with van der Waals surface area (Å²) in [6.07, 6.45) is 5.43. The molecule has 1 atom stereocenters. The van der Waals surface area contributed by atoms with Crippen molar-refractivity contribution in [1.29, 1.82) is 5.26 Å². The summed E-state index contributed by atoms with van der Waals surface area (Å²) in [6.45, 7) is 0. The van der Waals surface area contributed by atoms with Crippen LogP contribution < -0.4 is 25.4 Å². The second-order valence-corrected chi connectivity index (χ2v) is 12.1. The number of methoxy groups -OCH3 is 2. The number of thioether (sulfide) groups is 1. The van der Waals surface area contributed by atoms with Gasteiger partial charge in [0.1, 0.15) is 17.3 Å². The first-order valence-electron chi connectivity index (χ1n) is 13.2. The first-order chi connectivity index (χ1) is 20.8. The van der Waals surface area contributed by atoms with Gasteiger partial charge in [0, 0.05) is 29.7 Å². The van der Waals surface area contributed by atoms with Crippen LogP contribution in [0.4, 0.5) is 10.8 Å². The van der Waals surface area contributed by atoms with Crippen LogP contribution in [0.3, 0.4) is 0 Å². The summed E-state index contributed by atoms with van der Waals surface area (Å²) in [4.78, 5) is 27.7. The van der Waals surface area contributed by atoms with E-state index < -0.39 is 5.92 Å². The van der Waals surface area contributed by atoms with Crippen molar-refractivity contribution in [3.8, 4) is 17.6 Å². The van der Waals surface area contributed by atoms with Crippen LogP contribution in [0, 0.1) is 17.2 Å². The molecule has 0 radical (unpaired) electrons. The van der Waals surface area contributed by atoms with Gasteiger partial charge in [-0.05, 0) is 24.5 Å². The second-order valence-electron chi connectivity index (χ2n) is 9.51. The van der Waals surface area contributed by atoms with Gasteiger partial charge in [-0.25, -0.2) is 0 Å². The maximum absolute atomic E-state index is 13.2. The highest BCUT2D eigenvalue weighted by Crippen LogP contribution is 2.44. The summed E-state index contributed by atoms with van der Waals surface area (Å²) >= 11 is 8.63. The molecule has 0 spiro atoms. The molecular formula is C30H27ClN6O4S2. The third kappa shape index (κ3) is 6.39. The molecule has 1 amide bonds. The van der Waals surface area contributed by atoms with Gasteiger partial charge in [-0.3, -0.25) is 14.5 Å². The molecule has 0 saturated heterocycles. The first kappa shape index (κ1) is 30.2. The van der Waals surface area contributed by atoms with Crippen molar-refractivity contribution >= 4 is 63.3 Å². The van der Waals surface area contributed by atoms with E-state index in [2.05, 4.69) is 21.6 Å². The number of amides is 1. The van der Waals surface area contributed by atoms with Crippen LogP contribution in [0.25, 0.3) is 6.08 Å². The Labute approximate surface area is 261 Å². The van der Waals surface area contributed by atoms with Crippen molar-refractivity contribution in [1.82, 2.24) is 10.2 Å². The number of hydrogen-bond donors (Lipinski definition) is 2. The second kappa shape index (κ2) is 13.3. The number of allylic oxidation sites excluding steroid dienone is 4. The van der Waals surface area contributed by atoms with Gasteiger partial charge in [0.05, 0.1) is 42.3 Å². The number of nitrogens with one attached hydrogen (secondary N) is 1. The predicted molar refractivity (Wildman–Crippen MR) is 168 cm³/mol. The van der Waals surface area contributed by atoms with E-state index in [4.69, 9.17) is 26.8 Å². The molecule has 1 aliphatic heterocycles. The normalized spacial score (nSPS) is 16.7. The summed E-state index contributed by atoms with van der Waals surface area (Å²) in [5, 5.41) is 22.2. The van der Waals surface area contributed by atoms with Crippen molar-refractivity contribution in [3.63, 3.8) is 0 Å². The van der Waals surface area contributed by atoms with Crippen LogP contribution in [0.2, 0.25) is 5.02 Å². The smallest absolute Gasteiger partial charge is 0.234 e. The molecule has 0 bridgehead atoms. The Kier molecular flexibility index (Phi) is 9.35. The number of nitrogens with zero attached hydrogens (tertiary/aromatic N) is 4. The van der Waals surface area contributed by atoms with E-state index in [9.17, 15) is 14.9 Å². The number of Topliss-reactive ketones (excluding diaryl/α,β-unsaturated/α-hetero) is 1. The lowest BCUT2D eigenvalue weighted by molar-refractivity contribution is -0.116. The molecule has 1 aromatic heterocycles. The minimum Gasteiger partial charge on any atom is -0.495 e. The molecule has 0 fully saturated rings. The van der Waals surface area contributed by atoms with E-state index in [0.29, 0.717) is 56.5 Å². The van der Waals surface area contributed by atoms with Crippen LogP contribution in [0.1, 0.15) is 24.8 Å². The summed E-state index contributed by atoms with van der Waals surface area (Å²) < 4.78 is 11.1. The lowest BCUT2D eigenvalue weighted by atomic mass is 9.79. The number of ether oxygens (including phenoxy) is 2. The lowest BCUT2D eigenvalue weighted by Gasteiger charge is -2.37. The average Bonchev–Trinajstić information content (AvgIpc) is 3.48. The molecule has 10 nitrogen and oxygen atoms in total. The molecule has 3 N–H and O–H groups in total. The van der Waals surface area contributed by atoms with Crippen molar-refractivity contribution in [2.24, 2.45) is 11.7 Å². The maximum Gasteiger partial charge on any atom is 0.234 e. The van der Waals surface area contributed by atoms with Crippen LogP contribution >= 0.6 is 34.7 Å². The number of benzene rings is 2. The van der Waals surface area contributed by atoms with Crippen LogP contribution in [0.15, 0.2) is 75.5 Å². The Morgan fingerprint density at radius 1 is 1.23 bits per heavy atom. The number of hydrogen-bond acceptors (Lipinski definition) is 11. The molecule has 13 heteroatoms. The molecule has 5 rings (SSSR count). The van der Waals surface area contributed by atoms with Crippen molar-refractivity contribution in [2.45, 2.75) is 23.6 Å². The number of carbonyl (C=O) groups excluding carboxylic acids is 2. The van der Waals surface area contributed by atoms with Crippen molar-refractivity contribution < 1.29 is 19.1 Å². The number of carbonyl (C=O) groups is 2. The highest BCUT2D eigenvalue weighted by atomic mass is 35.5. The minimum absolute atomic E-state index is 0.0148. The molecule has 2 heterocycles. The van der Waals surface area contributed by atoms with E-state index in [0.717, 1.165) is 11.3 Å². The summed E-state index contributed by atoms with van der Waals surface area (Å²) in [5.41, 5.74) is 9.51. The third-order valence-corrected chi connectivity index (χ3v) is 9.24. The molecular weight excluding hydrogens is 608 g/mol. The minimum atomic E-state index is -0.557. The summed E-state index contributed by atoms with van der Waals surface area (Å²) in [5.74, 6) is 0.205. The third-order valence-electron chi connectivity index (χ3n) is 6.90. The fourth-order valence-electron chi connectivity index (χ4n) is 4.93. The van der Waals surface area contributed by atoms with E-state index in [1.54, 1.807) is 17.0 Å².